The van der Waals surface area contributed by atoms with Gasteiger partial charge in [-0.2, -0.15) is 0 Å². The van der Waals surface area contributed by atoms with E-state index in [2.05, 4.69) is 4.90 Å². The number of β-amino-alcohol motifs (C(OH)–C–C–N with tert-alkyl or cyclic N) is 1. The second kappa shape index (κ2) is 8.52. The highest BCUT2D eigenvalue weighted by Gasteiger charge is 2.23. The molecule has 2 N–H and O–H groups in total. The Morgan fingerprint density at radius 3 is 2.62 bits per heavy atom. The highest BCUT2D eigenvalue weighted by molar-refractivity contribution is 7.16. The van der Waals surface area contributed by atoms with Gasteiger partial charge in [-0.3, -0.25) is 5.41 Å². The lowest BCUT2D eigenvalue weighted by atomic mass is 9.96. The summed E-state index contributed by atoms with van der Waals surface area (Å²) in [6, 6.07) is 9.27. The van der Waals surface area contributed by atoms with Crippen molar-refractivity contribution in [3.8, 4) is 0 Å². The fourth-order valence-corrected chi connectivity index (χ4v) is 5.12. The predicted molar refractivity (Wildman–Crippen MR) is 111 cm³/mol. The van der Waals surface area contributed by atoms with Gasteiger partial charge in [0, 0.05) is 18.1 Å². The van der Waals surface area contributed by atoms with Crippen molar-refractivity contribution < 1.29 is 13.9 Å². The lowest BCUT2D eigenvalue weighted by molar-refractivity contribution is 0.0864. The van der Waals surface area contributed by atoms with Crippen molar-refractivity contribution in [3.05, 3.63) is 63.4 Å². The summed E-state index contributed by atoms with van der Waals surface area (Å²) in [5.74, 6) is -1.39. The van der Waals surface area contributed by atoms with E-state index in [9.17, 15) is 13.9 Å². The number of likely N-dealkylation sites (tertiary alicyclic amines) is 1. The van der Waals surface area contributed by atoms with E-state index in [1.165, 1.54) is 17.4 Å². The van der Waals surface area contributed by atoms with Crippen LogP contribution in [0.15, 0.2) is 36.4 Å². The molecular weight excluding hydrogens is 416 g/mol. The Balaban J connectivity index is 1.36. The highest BCUT2D eigenvalue weighted by Crippen LogP contribution is 2.26. The number of benzene rings is 2. The number of piperidine rings is 1. The molecule has 8 heteroatoms. The molecule has 1 atom stereocenters. The minimum atomic E-state index is -0.937. The van der Waals surface area contributed by atoms with Crippen molar-refractivity contribution in [2.45, 2.75) is 25.5 Å². The topological polar surface area (TPSA) is 52.2 Å². The van der Waals surface area contributed by atoms with Gasteiger partial charge in [-0.1, -0.05) is 29.0 Å². The smallest absolute Gasteiger partial charge is 0.182 e. The number of nitrogens with zero attached hydrogens (tertiary/aromatic N) is 2. The third-order valence-corrected chi connectivity index (χ3v) is 6.77. The van der Waals surface area contributed by atoms with Crippen LogP contribution in [0.4, 0.5) is 8.78 Å². The second-order valence-corrected chi connectivity index (χ2v) is 9.03. The molecule has 0 radical (unpaired) electrons. The van der Waals surface area contributed by atoms with Crippen LogP contribution in [0.1, 0.15) is 24.5 Å². The number of hydrogen-bond donors (Lipinski definition) is 2. The Bertz CT molecular complexity index is 1080. The first kappa shape index (κ1) is 20.5. The van der Waals surface area contributed by atoms with E-state index in [0.29, 0.717) is 27.9 Å². The van der Waals surface area contributed by atoms with Gasteiger partial charge in [0.15, 0.2) is 16.4 Å². The fourth-order valence-electron chi connectivity index (χ4n) is 3.92. The quantitative estimate of drug-likeness (QED) is 0.614. The van der Waals surface area contributed by atoms with Crippen LogP contribution in [-0.4, -0.2) is 34.2 Å². The summed E-state index contributed by atoms with van der Waals surface area (Å²) >= 11 is 7.50. The molecule has 0 amide bonds. The minimum absolute atomic E-state index is 0.392. The zero-order valence-electron chi connectivity index (χ0n) is 15.7. The maximum Gasteiger partial charge on any atom is 0.182 e. The number of hydrogen-bond acceptors (Lipinski definition) is 4. The van der Waals surface area contributed by atoms with Crippen LogP contribution in [0.25, 0.3) is 10.2 Å². The maximum absolute atomic E-state index is 13.4. The molecular formula is C21H22ClF2N3OS. The predicted octanol–water partition coefficient (Wildman–Crippen LogP) is 4.56. The second-order valence-electron chi connectivity index (χ2n) is 7.56. The van der Waals surface area contributed by atoms with E-state index in [4.69, 9.17) is 17.0 Å². The lowest BCUT2D eigenvalue weighted by Crippen LogP contribution is -2.38. The molecule has 0 spiro atoms. The van der Waals surface area contributed by atoms with Crippen LogP contribution >= 0.6 is 22.9 Å². The van der Waals surface area contributed by atoms with Crippen LogP contribution in [-0.2, 0) is 6.54 Å². The SMILES string of the molecule is N=c1sc2cc(Cl)ccc2n1CC1CCN(C[C@H](O)c2ccc(F)c(F)c2)CC1. The van der Waals surface area contributed by atoms with Crippen molar-refractivity contribution in [2.75, 3.05) is 19.6 Å². The van der Waals surface area contributed by atoms with Crippen molar-refractivity contribution in [1.82, 2.24) is 9.47 Å². The van der Waals surface area contributed by atoms with Gasteiger partial charge in [-0.25, -0.2) is 8.78 Å². The molecule has 0 aliphatic carbocycles. The normalized spacial score (nSPS) is 17.1. The highest BCUT2D eigenvalue weighted by atomic mass is 35.5. The Morgan fingerprint density at radius 2 is 1.90 bits per heavy atom. The molecule has 4 nitrogen and oxygen atoms in total. The van der Waals surface area contributed by atoms with E-state index in [1.807, 2.05) is 22.8 Å². The number of nitrogens with one attached hydrogen (secondary N) is 1. The summed E-state index contributed by atoms with van der Waals surface area (Å²) in [6.45, 7) is 2.84. The standard InChI is InChI=1S/C21H22ClF2N3OS/c22-15-2-4-18-20(10-15)29-21(25)27(18)11-13-5-7-26(8-6-13)12-19(28)14-1-3-16(23)17(24)9-14/h1-4,9-10,13,19,25,28H,5-8,11-12H2/t19-/m0/s1. The average molecular weight is 438 g/mol. The van der Waals surface area contributed by atoms with Gasteiger partial charge in [-0.05, 0) is 67.7 Å². The zero-order chi connectivity index (χ0) is 20.5. The first-order valence-corrected chi connectivity index (χ1v) is 10.8. The van der Waals surface area contributed by atoms with Crippen molar-refractivity contribution in [2.24, 2.45) is 5.92 Å². The largest absolute Gasteiger partial charge is 0.387 e. The molecule has 0 unspecified atom stereocenters. The molecule has 3 aromatic rings. The summed E-state index contributed by atoms with van der Waals surface area (Å²) in [5, 5.41) is 19.3. The number of rotatable bonds is 5. The molecule has 29 heavy (non-hydrogen) atoms. The van der Waals surface area contributed by atoms with Crippen LogP contribution in [0, 0.1) is 23.0 Å². The van der Waals surface area contributed by atoms with E-state index in [1.54, 1.807) is 0 Å². The molecule has 4 rings (SSSR count). The molecule has 0 bridgehead atoms. The number of aliphatic hydroxyl groups excluding tert-OH is 1. The minimum Gasteiger partial charge on any atom is -0.387 e. The van der Waals surface area contributed by atoms with Crippen LogP contribution in [0.5, 0.6) is 0 Å². The van der Waals surface area contributed by atoms with Crippen LogP contribution in [0.2, 0.25) is 5.02 Å². The maximum atomic E-state index is 13.4. The number of fused-ring (bicyclic) bond motifs is 1. The van der Waals surface area contributed by atoms with Crippen LogP contribution < -0.4 is 4.80 Å². The monoisotopic (exact) mass is 437 g/mol. The molecule has 1 aliphatic rings. The lowest BCUT2D eigenvalue weighted by Gasteiger charge is -2.33. The molecule has 1 aromatic heterocycles. The number of thiazole rings is 1. The molecule has 154 valence electrons. The fraction of sp³-hybridized carbons (Fsp3) is 0.381. The van der Waals surface area contributed by atoms with Crippen LogP contribution in [0.3, 0.4) is 0 Å². The average Bonchev–Trinajstić information content (AvgIpc) is 2.99. The summed E-state index contributed by atoms with van der Waals surface area (Å²) in [5.41, 5.74) is 1.43. The van der Waals surface area contributed by atoms with Gasteiger partial charge >= 0.3 is 0 Å². The Labute approximate surface area is 176 Å². The Hall–Kier alpha value is -1.80. The van der Waals surface area contributed by atoms with Gasteiger partial charge in [0.1, 0.15) is 0 Å². The summed E-state index contributed by atoms with van der Waals surface area (Å²) in [4.78, 5) is 2.68. The molecule has 0 saturated carbocycles. The first-order valence-electron chi connectivity index (χ1n) is 9.59. The van der Waals surface area contributed by atoms with Crippen molar-refractivity contribution in [1.29, 1.82) is 5.41 Å². The van der Waals surface area contributed by atoms with Gasteiger partial charge in [0.25, 0.3) is 0 Å². The van der Waals surface area contributed by atoms with Crippen molar-refractivity contribution in [3.63, 3.8) is 0 Å². The molecule has 1 aliphatic heterocycles. The summed E-state index contributed by atoms with van der Waals surface area (Å²) in [6.07, 6.45) is 1.07. The molecule has 2 heterocycles. The third kappa shape index (κ3) is 4.53. The number of aliphatic hydroxyl groups is 1. The molecule has 1 fully saturated rings. The van der Waals surface area contributed by atoms with E-state index >= 15 is 0 Å². The first-order chi connectivity index (χ1) is 13.9. The zero-order valence-corrected chi connectivity index (χ0v) is 17.3. The number of halogens is 3. The molecule has 1 saturated heterocycles. The van der Waals surface area contributed by atoms with Crippen molar-refractivity contribution >= 4 is 33.2 Å². The van der Waals surface area contributed by atoms with E-state index in [-0.39, 0.29) is 0 Å². The third-order valence-electron chi connectivity index (χ3n) is 5.57. The molecule has 2 aromatic carbocycles. The number of aromatic nitrogens is 1. The Morgan fingerprint density at radius 1 is 1.14 bits per heavy atom. The Kier molecular flexibility index (Phi) is 6.01. The van der Waals surface area contributed by atoms with Gasteiger partial charge < -0.3 is 14.6 Å². The van der Waals surface area contributed by atoms with Gasteiger partial charge in [0.2, 0.25) is 0 Å². The van der Waals surface area contributed by atoms with Gasteiger partial charge in [0.05, 0.1) is 16.3 Å². The van der Waals surface area contributed by atoms with Gasteiger partial charge in [-0.15, -0.1) is 0 Å². The van der Waals surface area contributed by atoms with E-state index in [0.717, 1.165) is 54.8 Å². The van der Waals surface area contributed by atoms with E-state index < -0.39 is 17.7 Å². The summed E-state index contributed by atoms with van der Waals surface area (Å²) < 4.78 is 29.5. The summed E-state index contributed by atoms with van der Waals surface area (Å²) in [7, 11) is 0.